The van der Waals surface area contributed by atoms with Gasteiger partial charge in [0.15, 0.2) is 11.5 Å². The Bertz CT molecular complexity index is 514. The van der Waals surface area contributed by atoms with E-state index in [9.17, 15) is 9.59 Å². The number of carbonyl (C=O) groups is 2. The Labute approximate surface area is 110 Å². The van der Waals surface area contributed by atoms with Crippen LogP contribution in [0.1, 0.15) is 17.3 Å². The van der Waals surface area contributed by atoms with Crippen LogP contribution in [0, 0.1) is 5.92 Å². The molecule has 1 aromatic rings. The lowest BCUT2D eigenvalue weighted by Gasteiger charge is -2.19. The van der Waals surface area contributed by atoms with Crippen molar-refractivity contribution in [2.75, 3.05) is 20.4 Å². The molecule has 0 unspecified atom stereocenters. The van der Waals surface area contributed by atoms with Crippen LogP contribution < -0.4 is 9.47 Å². The summed E-state index contributed by atoms with van der Waals surface area (Å²) in [6.45, 7) is 1.87. The molecule has 0 saturated carbocycles. The van der Waals surface area contributed by atoms with Gasteiger partial charge in [-0.05, 0) is 18.2 Å². The zero-order valence-electron chi connectivity index (χ0n) is 10.8. The molecule has 1 N–H and O–H groups in total. The monoisotopic (exact) mass is 265 g/mol. The van der Waals surface area contributed by atoms with Crippen LogP contribution in [-0.2, 0) is 4.79 Å². The van der Waals surface area contributed by atoms with E-state index in [4.69, 9.17) is 14.6 Å². The molecule has 102 valence electrons. The molecule has 1 amide bonds. The number of hydrogen-bond acceptors (Lipinski definition) is 4. The molecule has 0 aliphatic carbocycles. The van der Waals surface area contributed by atoms with Crippen molar-refractivity contribution in [1.29, 1.82) is 0 Å². The van der Waals surface area contributed by atoms with Crippen molar-refractivity contribution < 1.29 is 24.2 Å². The summed E-state index contributed by atoms with van der Waals surface area (Å²) in [5.41, 5.74) is 0.448. The first-order valence-corrected chi connectivity index (χ1v) is 5.87. The van der Waals surface area contributed by atoms with Crippen LogP contribution >= 0.6 is 0 Å². The van der Waals surface area contributed by atoms with E-state index in [1.165, 1.54) is 4.90 Å². The topological polar surface area (TPSA) is 76.1 Å². The summed E-state index contributed by atoms with van der Waals surface area (Å²) in [4.78, 5) is 24.3. The van der Waals surface area contributed by atoms with Crippen LogP contribution in [-0.4, -0.2) is 42.3 Å². The van der Waals surface area contributed by atoms with Gasteiger partial charge in [0.05, 0.1) is 5.92 Å². The summed E-state index contributed by atoms with van der Waals surface area (Å²) in [6.07, 6.45) is 0. The molecule has 0 fully saturated rings. The van der Waals surface area contributed by atoms with Gasteiger partial charge >= 0.3 is 5.97 Å². The number of ether oxygens (including phenoxy) is 2. The molecule has 1 aliphatic heterocycles. The summed E-state index contributed by atoms with van der Waals surface area (Å²) in [7, 11) is 1.58. The Hall–Kier alpha value is -2.24. The highest BCUT2D eigenvalue weighted by atomic mass is 16.7. The minimum Gasteiger partial charge on any atom is -0.481 e. The maximum atomic E-state index is 12.1. The Morgan fingerprint density at radius 1 is 1.37 bits per heavy atom. The Kier molecular flexibility index (Phi) is 3.59. The van der Waals surface area contributed by atoms with E-state index in [0.29, 0.717) is 17.1 Å². The second-order valence-corrected chi connectivity index (χ2v) is 4.49. The normalized spacial score (nSPS) is 14.0. The summed E-state index contributed by atoms with van der Waals surface area (Å²) in [6, 6.07) is 4.91. The van der Waals surface area contributed by atoms with Gasteiger partial charge in [-0.2, -0.15) is 0 Å². The highest BCUT2D eigenvalue weighted by Gasteiger charge is 2.21. The Morgan fingerprint density at radius 2 is 2.05 bits per heavy atom. The van der Waals surface area contributed by atoms with E-state index < -0.39 is 11.9 Å². The number of carboxylic acids is 1. The zero-order chi connectivity index (χ0) is 14.0. The van der Waals surface area contributed by atoms with E-state index >= 15 is 0 Å². The van der Waals surface area contributed by atoms with Gasteiger partial charge in [0.1, 0.15) is 0 Å². The van der Waals surface area contributed by atoms with Gasteiger partial charge in [0, 0.05) is 19.2 Å². The lowest BCUT2D eigenvalue weighted by molar-refractivity contribution is -0.141. The molecule has 0 saturated heterocycles. The minimum atomic E-state index is -0.926. The lowest BCUT2D eigenvalue weighted by atomic mass is 10.1. The zero-order valence-corrected chi connectivity index (χ0v) is 10.8. The second-order valence-electron chi connectivity index (χ2n) is 4.49. The molecule has 1 aliphatic rings. The number of nitrogens with zero attached hydrogens (tertiary/aromatic N) is 1. The first-order valence-electron chi connectivity index (χ1n) is 5.87. The number of rotatable bonds is 4. The quantitative estimate of drug-likeness (QED) is 0.885. The van der Waals surface area contributed by atoms with Gasteiger partial charge in [-0.3, -0.25) is 9.59 Å². The molecule has 19 heavy (non-hydrogen) atoms. The minimum absolute atomic E-state index is 0.152. The summed E-state index contributed by atoms with van der Waals surface area (Å²) in [5, 5.41) is 8.84. The molecule has 0 spiro atoms. The van der Waals surface area contributed by atoms with Crippen molar-refractivity contribution in [3.8, 4) is 11.5 Å². The number of hydrogen-bond donors (Lipinski definition) is 1. The number of carbonyl (C=O) groups excluding carboxylic acids is 1. The summed E-state index contributed by atoms with van der Waals surface area (Å²) in [5.74, 6) is -0.636. The van der Waals surface area contributed by atoms with Crippen molar-refractivity contribution in [3.63, 3.8) is 0 Å². The predicted octanol–water partition coefficient (Wildman–Crippen LogP) is 1.21. The van der Waals surface area contributed by atoms with E-state index in [-0.39, 0.29) is 19.2 Å². The highest BCUT2D eigenvalue weighted by Crippen LogP contribution is 2.32. The lowest BCUT2D eigenvalue weighted by Crippen LogP contribution is -2.33. The van der Waals surface area contributed by atoms with Crippen LogP contribution in [0.15, 0.2) is 18.2 Å². The third kappa shape index (κ3) is 2.78. The molecule has 1 heterocycles. The molecule has 0 aromatic heterocycles. The largest absolute Gasteiger partial charge is 0.481 e. The number of amides is 1. The van der Waals surface area contributed by atoms with Crippen molar-refractivity contribution in [1.82, 2.24) is 4.90 Å². The fourth-order valence-electron chi connectivity index (χ4n) is 1.82. The van der Waals surface area contributed by atoms with E-state index in [1.54, 1.807) is 32.2 Å². The van der Waals surface area contributed by atoms with Crippen molar-refractivity contribution in [3.05, 3.63) is 23.8 Å². The number of fused-ring (bicyclic) bond motifs is 1. The van der Waals surface area contributed by atoms with Crippen LogP contribution in [0.4, 0.5) is 0 Å². The average molecular weight is 265 g/mol. The average Bonchev–Trinajstić information content (AvgIpc) is 2.84. The summed E-state index contributed by atoms with van der Waals surface area (Å²) < 4.78 is 10.4. The Morgan fingerprint density at radius 3 is 2.74 bits per heavy atom. The first kappa shape index (κ1) is 13.2. The van der Waals surface area contributed by atoms with Crippen LogP contribution in [0.25, 0.3) is 0 Å². The van der Waals surface area contributed by atoms with Crippen LogP contribution in [0.2, 0.25) is 0 Å². The van der Waals surface area contributed by atoms with Gasteiger partial charge in [-0.1, -0.05) is 6.92 Å². The molecule has 1 aromatic carbocycles. The fraction of sp³-hybridized carbons (Fsp3) is 0.385. The molecular formula is C13H15NO5. The van der Waals surface area contributed by atoms with Gasteiger partial charge in [-0.25, -0.2) is 0 Å². The van der Waals surface area contributed by atoms with E-state index in [2.05, 4.69) is 0 Å². The molecule has 6 nitrogen and oxygen atoms in total. The maximum absolute atomic E-state index is 12.1. The maximum Gasteiger partial charge on any atom is 0.308 e. The highest BCUT2D eigenvalue weighted by molar-refractivity contribution is 5.95. The van der Waals surface area contributed by atoms with Gasteiger partial charge in [0.2, 0.25) is 6.79 Å². The SMILES string of the molecule is C[C@@H](CN(C)C(=O)c1ccc2c(c1)OCO2)C(=O)O. The Balaban J connectivity index is 2.09. The number of carboxylic acid groups (broad SMARTS) is 1. The molecular weight excluding hydrogens is 250 g/mol. The van der Waals surface area contributed by atoms with E-state index in [1.807, 2.05) is 0 Å². The molecule has 0 bridgehead atoms. The van der Waals surface area contributed by atoms with Crippen LogP contribution in [0.5, 0.6) is 11.5 Å². The number of benzene rings is 1. The third-order valence-corrected chi connectivity index (χ3v) is 2.94. The molecule has 6 heteroatoms. The third-order valence-electron chi connectivity index (χ3n) is 2.94. The van der Waals surface area contributed by atoms with Crippen molar-refractivity contribution in [2.24, 2.45) is 5.92 Å². The summed E-state index contributed by atoms with van der Waals surface area (Å²) >= 11 is 0. The molecule has 0 radical (unpaired) electrons. The van der Waals surface area contributed by atoms with Gasteiger partial charge < -0.3 is 19.5 Å². The molecule has 2 rings (SSSR count). The molecule has 1 atom stereocenters. The van der Waals surface area contributed by atoms with Crippen LogP contribution in [0.3, 0.4) is 0 Å². The standard InChI is InChI=1S/C13H15NO5/c1-8(13(16)17)6-14(2)12(15)9-3-4-10-11(5-9)19-7-18-10/h3-5,8H,6-7H2,1-2H3,(H,16,17)/t8-/m0/s1. The smallest absolute Gasteiger partial charge is 0.308 e. The first-order chi connectivity index (χ1) is 8.99. The van der Waals surface area contributed by atoms with E-state index in [0.717, 1.165) is 0 Å². The number of aliphatic carboxylic acids is 1. The van der Waals surface area contributed by atoms with Crippen molar-refractivity contribution in [2.45, 2.75) is 6.92 Å². The van der Waals surface area contributed by atoms with Crippen molar-refractivity contribution >= 4 is 11.9 Å². The van der Waals surface area contributed by atoms with Gasteiger partial charge in [0.25, 0.3) is 5.91 Å². The second kappa shape index (κ2) is 5.17. The fourth-order valence-corrected chi connectivity index (χ4v) is 1.82. The predicted molar refractivity (Wildman–Crippen MR) is 66.3 cm³/mol. The van der Waals surface area contributed by atoms with Gasteiger partial charge in [-0.15, -0.1) is 0 Å².